The maximum Gasteiger partial charge on any atom is 0.269 e. The SMILES string of the molecule is CC(C)(C)CC(=O)N(Cc1cc(NC(=O)c2ccc([N+](=O)[O-])cc2)ccc1Cl)C1CCC(N)CC1. The zero-order chi connectivity index (χ0) is 25.8. The summed E-state index contributed by atoms with van der Waals surface area (Å²) in [5.41, 5.74) is 7.43. The first-order valence-corrected chi connectivity index (χ1v) is 12.2. The van der Waals surface area contributed by atoms with Crippen molar-refractivity contribution in [2.75, 3.05) is 5.32 Å². The van der Waals surface area contributed by atoms with Crippen molar-refractivity contribution in [3.05, 3.63) is 68.7 Å². The fourth-order valence-corrected chi connectivity index (χ4v) is 4.46. The highest BCUT2D eigenvalue weighted by Gasteiger charge is 2.30. The number of non-ortho nitro benzene ring substituents is 1. The summed E-state index contributed by atoms with van der Waals surface area (Å²) in [6, 6.07) is 10.8. The number of nitro groups is 1. The summed E-state index contributed by atoms with van der Waals surface area (Å²) >= 11 is 6.51. The first-order valence-electron chi connectivity index (χ1n) is 11.8. The van der Waals surface area contributed by atoms with Crippen molar-refractivity contribution in [1.82, 2.24) is 4.90 Å². The molecule has 1 fully saturated rings. The lowest BCUT2D eigenvalue weighted by Crippen LogP contribution is -2.44. The minimum Gasteiger partial charge on any atom is -0.335 e. The molecule has 0 unspecified atom stereocenters. The van der Waals surface area contributed by atoms with Crippen LogP contribution in [0.3, 0.4) is 0 Å². The van der Waals surface area contributed by atoms with E-state index in [2.05, 4.69) is 5.32 Å². The van der Waals surface area contributed by atoms with Crippen molar-refractivity contribution in [1.29, 1.82) is 0 Å². The standard InChI is InChI=1S/C26H33ClN4O4/c1-26(2,3)15-24(32)30(21-11-6-19(28)7-12-21)16-18-14-20(8-13-23(18)27)29-25(33)17-4-9-22(10-5-17)31(34)35/h4-5,8-10,13-14,19,21H,6-7,11-12,15-16,28H2,1-3H3,(H,29,33). The number of carbonyl (C=O) groups is 2. The van der Waals surface area contributed by atoms with Crippen LogP contribution in [0.15, 0.2) is 42.5 Å². The molecule has 0 aliphatic heterocycles. The fraction of sp³-hybridized carbons (Fsp3) is 0.462. The highest BCUT2D eigenvalue weighted by Crippen LogP contribution is 2.30. The quantitative estimate of drug-likeness (QED) is 0.382. The second-order valence-corrected chi connectivity index (χ2v) is 10.8. The molecule has 8 nitrogen and oxygen atoms in total. The zero-order valence-corrected chi connectivity index (χ0v) is 21.2. The number of hydrogen-bond acceptors (Lipinski definition) is 5. The van der Waals surface area contributed by atoms with Gasteiger partial charge >= 0.3 is 0 Å². The zero-order valence-electron chi connectivity index (χ0n) is 20.4. The average Bonchev–Trinajstić information content (AvgIpc) is 2.79. The molecule has 0 atom stereocenters. The van der Waals surface area contributed by atoms with Crippen molar-refractivity contribution in [3.63, 3.8) is 0 Å². The van der Waals surface area contributed by atoms with Gasteiger partial charge in [-0.15, -0.1) is 0 Å². The molecule has 1 aliphatic rings. The van der Waals surface area contributed by atoms with Crippen LogP contribution < -0.4 is 11.1 Å². The molecule has 0 bridgehead atoms. The van der Waals surface area contributed by atoms with Crippen LogP contribution in [-0.4, -0.2) is 33.7 Å². The highest BCUT2D eigenvalue weighted by molar-refractivity contribution is 6.31. The number of benzene rings is 2. The summed E-state index contributed by atoms with van der Waals surface area (Å²) in [6.45, 7) is 6.47. The smallest absolute Gasteiger partial charge is 0.269 e. The van der Waals surface area contributed by atoms with Gasteiger partial charge < -0.3 is 16.0 Å². The van der Waals surface area contributed by atoms with Crippen LogP contribution in [0.25, 0.3) is 0 Å². The highest BCUT2D eigenvalue weighted by atomic mass is 35.5. The van der Waals surface area contributed by atoms with E-state index >= 15 is 0 Å². The number of nitrogens with one attached hydrogen (secondary N) is 1. The van der Waals surface area contributed by atoms with E-state index in [1.54, 1.807) is 18.2 Å². The van der Waals surface area contributed by atoms with Crippen molar-refractivity contribution in [2.45, 2.75) is 71.5 Å². The van der Waals surface area contributed by atoms with E-state index in [0.29, 0.717) is 29.2 Å². The summed E-state index contributed by atoms with van der Waals surface area (Å²) in [7, 11) is 0. The van der Waals surface area contributed by atoms with Gasteiger partial charge in [0.15, 0.2) is 0 Å². The maximum atomic E-state index is 13.3. The molecule has 0 spiro atoms. The number of nitrogens with zero attached hydrogens (tertiary/aromatic N) is 2. The monoisotopic (exact) mass is 500 g/mol. The maximum absolute atomic E-state index is 13.3. The lowest BCUT2D eigenvalue weighted by atomic mass is 9.88. The predicted molar refractivity (Wildman–Crippen MR) is 137 cm³/mol. The molecule has 1 saturated carbocycles. The Labute approximate surface area is 211 Å². The Hall–Kier alpha value is -2.97. The molecule has 3 rings (SSSR count). The Bertz CT molecular complexity index is 1070. The molecule has 2 aromatic rings. The minimum atomic E-state index is -0.514. The lowest BCUT2D eigenvalue weighted by Gasteiger charge is -2.37. The van der Waals surface area contributed by atoms with E-state index in [-0.39, 0.29) is 29.1 Å². The molecule has 3 N–H and O–H groups in total. The Morgan fingerprint density at radius 2 is 1.74 bits per heavy atom. The summed E-state index contributed by atoms with van der Waals surface area (Å²) in [4.78, 5) is 38.2. The third-order valence-corrected chi connectivity index (χ3v) is 6.54. The van der Waals surface area contributed by atoms with Crippen LogP contribution in [-0.2, 0) is 11.3 Å². The van der Waals surface area contributed by atoms with Crippen molar-refractivity contribution < 1.29 is 14.5 Å². The third-order valence-electron chi connectivity index (χ3n) is 6.17. The molecule has 9 heteroatoms. The molecule has 2 amide bonds. The molecule has 1 aliphatic carbocycles. The number of carbonyl (C=O) groups excluding carboxylic acids is 2. The Kier molecular flexibility index (Phi) is 8.51. The van der Waals surface area contributed by atoms with Gasteiger partial charge in [0.1, 0.15) is 0 Å². The second-order valence-electron chi connectivity index (χ2n) is 10.4. The van der Waals surface area contributed by atoms with Crippen LogP contribution in [0.4, 0.5) is 11.4 Å². The number of nitrogens with two attached hydrogens (primary N) is 1. The number of halogens is 1. The van der Waals surface area contributed by atoms with Crippen LogP contribution in [0.2, 0.25) is 5.02 Å². The van der Waals surface area contributed by atoms with Crippen LogP contribution in [0.5, 0.6) is 0 Å². The fourth-order valence-electron chi connectivity index (χ4n) is 4.28. The number of rotatable bonds is 7. The first kappa shape index (κ1) is 26.6. The van der Waals surface area contributed by atoms with E-state index < -0.39 is 10.8 Å². The normalized spacial score (nSPS) is 18.1. The molecule has 2 aromatic carbocycles. The predicted octanol–water partition coefficient (Wildman–Crippen LogP) is 5.54. The molecular formula is C26H33ClN4O4. The molecule has 0 heterocycles. The summed E-state index contributed by atoms with van der Waals surface area (Å²) in [6.07, 6.45) is 3.88. The average molecular weight is 501 g/mol. The number of anilines is 1. The Morgan fingerprint density at radius 3 is 2.31 bits per heavy atom. The van der Waals surface area contributed by atoms with Gasteiger partial charge in [0.25, 0.3) is 11.6 Å². The van der Waals surface area contributed by atoms with Crippen molar-refractivity contribution >= 4 is 34.8 Å². The van der Waals surface area contributed by atoms with Crippen molar-refractivity contribution in [2.24, 2.45) is 11.1 Å². The van der Waals surface area contributed by atoms with E-state index in [0.717, 1.165) is 31.2 Å². The van der Waals surface area contributed by atoms with E-state index in [9.17, 15) is 19.7 Å². The molecule has 35 heavy (non-hydrogen) atoms. The van der Waals surface area contributed by atoms with Crippen LogP contribution in [0, 0.1) is 15.5 Å². The van der Waals surface area contributed by atoms with E-state index in [4.69, 9.17) is 17.3 Å². The summed E-state index contributed by atoms with van der Waals surface area (Å²) in [5.74, 6) is -0.315. The Balaban J connectivity index is 1.79. The number of nitro benzene ring substituents is 1. The molecule has 188 valence electrons. The summed E-state index contributed by atoms with van der Waals surface area (Å²) in [5, 5.41) is 14.2. The van der Waals surface area contributed by atoms with Gasteiger partial charge in [-0.25, -0.2) is 0 Å². The van der Waals surface area contributed by atoms with Gasteiger partial charge in [-0.3, -0.25) is 19.7 Å². The molecule has 0 aromatic heterocycles. The lowest BCUT2D eigenvalue weighted by molar-refractivity contribution is -0.384. The second kappa shape index (κ2) is 11.2. The number of amides is 2. The minimum absolute atomic E-state index is 0.0781. The van der Waals surface area contributed by atoms with Gasteiger partial charge in [0, 0.05) is 53.5 Å². The van der Waals surface area contributed by atoms with E-state index in [1.165, 1.54) is 24.3 Å². The van der Waals surface area contributed by atoms with Crippen LogP contribution in [0.1, 0.15) is 68.8 Å². The van der Waals surface area contributed by atoms with Gasteiger partial charge in [-0.1, -0.05) is 32.4 Å². The molecular weight excluding hydrogens is 468 g/mol. The summed E-state index contributed by atoms with van der Waals surface area (Å²) < 4.78 is 0. The Morgan fingerprint density at radius 1 is 1.11 bits per heavy atom. The van der Waals surface area contributed by atoms with Gasteiger partial charge in [-0.05, 0) is 67.0 Å². The molecule has 0 radical (unpaired) electrons. The topological polar surface area (TPSA) is 119 Å². The van der Waals surface area contributed by atoms with Gasteiger partial charge in [-0.2, -0.15) is 0 Å². The molecule has 0 saturated heterocycles. The van der Waals surface area contributed by atoms with Crippen LogP contribution >= 0.6 is 11.6 Å². The van der Waals surface area contributed by atoms with E-state index in [1.807, 2.05) is 25.7 Å². The largest absolute Gasteiger partial charge is 0.335 e. The van der Waals surface area contributed by atoms with Gasteiger partial charge in [0.05, 0.1) is 4.92 Å². The number of hydrogen-bond donors (Lipinski definition) is 2. The first-order chi connectivity index (χ1) is 16.4. The van der Waals surface area contributed by atoms with Gasteiger partial charge in [0.2, 0.25) is 5.91 Å². The van der Waals surface area contributed by atoms with Crippen molar-refractivity contribution in [3.8, 4) is 0 Å². The third kappa shape index (κ3) is 7.50.